The second-order valence-corrected chi connectivity index (χ2v) is 7.65. The minimum atomic E-state index is 0.0484. The monoisotopic (exact) mass is 385 g/mol. The molecule has 6 heteroatoms. The Labute approximate surface area is 164 Å². The molecular formula is C21H24ClN3O2. The fourth-order valence-electron chi connectivity index (χ4n) is 3.66. The van der Waals surface area contributed by atoms with Gasteiger partial charge in [-0.05, 0) is 43.5 Å². The van der Waals surface area contributed by atoms with Crippen LogP contribution in [0.4, 0.5) is 0 Å². The van der Waals surface area contributed by atoms with Gasteiger partial charge in [0.25, 0.3) is 5.91 Å². The number of amides is 1. The number of carbonyl (C=O) groups is 1. The highest BCUT2D eigenvalue weighted by Crippen LogP contribution is 2.26. The molecular weight excluding hydrogens is 362 g/mol. The van der Waals surface area contributed by atoms with Crippen LogP contribution in [0.2, 0.25) is 5.02 Å². The Kier molecular flexibility index (Phi) is 5.60. The van der Waals surface area contributed by atoms with E-state index < -0.39 is 0 Å². The number of aromatic nitrogens is 1. The lowest BCUT2D eigenvalue weighted by molar-refractivity contribution is 0.0749. The van der Waals surface area contributed by atoms with Crippen molar-refractivity contribution in [3.8, 4) is 11.6 Å². The Balaban J connectivity index is 1.37. The standard InChI is InChI=1S/C21H24ClN3O2/c22-17-4-1-7-19(14-17)27-20-9-8-16(15-23-20)21(26)25-11-3-10-24(12-13-25)18-5-2-6-18/h1,4,7-9,14-15,18H,2-3,5-6,10-13H2. The summed E-state index contributed by atoms with van der Waals surface area (Å²) in [6.07, 6.45) is 6.60. The van der Waals surface area contributed by atoms with E-state index >= 15 is 0 Å². The number of ether oxygens (including phenoxy) is 1. The average molecular weight is 386 g/mol. The first kappa shape index (κ1) is 18.3. The molecule has 1 aromatic carbocycles. The van der Waals surface area contributed by atoms with Gasteiger partial charge in [0.2, 0.25) is 5.88 Å². The number of rotatable bonds is 4. The third-order valence-electron chi connectivity index (χ3n) is 5.41. The molecule has 1 aliphatic carbocycles. The molecule has 1 saturated heterocycles. The Morgan fingerprint density at radius 1 is 1.07 bits per heavy atom. The van der Waals surface area contributed by atoms with E-state index in [4.69, 9.17) is 16.3 Å². The summed E-state index contributed by atoms with van der Waals surface area (Å²) < 4.78 is 5.69. The lowest BCUT2D eigenvalue weighted by Gasteiger charge is -2.36. The van der Waals surface area contributed by atoms with Gasteiger partial charge < -0.3 is 9.64 Å². The molecule has 0 atom stereocenters. The minimum Gasteiger partial charge on any atom is -0.439 e. The van der Waals surface area contributed by atoms with Gasteiger partial charge in [0, 0.05) is 49.5 Å². The Morgan fingerprint density at radius 3 is 2.67 bits per heavy atom. The van der Waals surface area contributed by atoms with Crippen LogP contribution in [0.3, 0.4) is 0 Å². The van der Waals surface area contributed by atoms with Gasteiger partial charge in [-0.2, -0.15) is 0 Å². The highest BCUT2D eigenvalue weighted by molar-refractivity contribution is 6.30. The molecule has 2 fully saturated rings. The molecule has 5 nitrogen and oxygen atoms in total. The molecule has 0 bridgehead atoms. The SMILES string of the molecule is O=C(c1ccc(Oc2cccc(Cl)c2)nc1)N1CCCN(C2CCC2)CC1. The molecule has 4 rings (SSSR count). The minimum absolute atomic E-state index is 0.0484. The number of pyridine rings is 1. The normalized spacial score (nSPS) is 18.6. The zero-order valence-electron chi connectivity index (χ0n) is 15.3. The van der Waals surface area contributed by atoms with Crippen molar-refractivity contribution < 1.29 is 9.53 Å². The van der Waals surface area contributed by atoms with Gasteiger partial charge in [-0.3, -0.25) is 9.69 Å². The van der Waals surface area contributed by atoms with E-state index in [1.165, 1.54) is 19.3 Å². The predicted octanol–water partition coefficient (Wildman–Crippen LogP) is 4.23. The van der Waals surface area contributed by atoms with Crippen molar-refractivity contribution in [2.24, 2.45) is 0 Å². The van der Waals surface area contributed by atoms with Crippen LogP contribution in [0.5, 0.6) is 11.6 Å². The van der Waals surface area contributed by atoms with Crippen molar-refractivity contribution in [2.45, 2.75) is 31.7 Å². The molecule has 142 valence electrons. The van der Waals surface area contributed by atoms with E-state index in [9.17, 15) is 4.79 Å². The molecule has 27 heavy (non-hydrogen) atoms. The maximum absolute atomic E-state index is 12.8. The van der Waals surface area contributed by atoms with Gasteiger partial charge >= 0.3 is 0 Å². The molecule has 1 aliphatic heterocycles. The summed E-state index contributed by atoms with van der Waals surface area (Å²) in [7, 11) is 0. The number of hydrogen-bond acceptors (Lipinski definition) is 4. The molecule has 2 heterocycles. The number of hydrogen-bond donors (Lipinski definition) is 0. The molecule has 2 aromatic rings. The van der Waals surface area contributed by atoms with Crippen LogP contribution in [-0.2, 0) is 0 Å². The van der Waals surface area contributed by atoms with Gasteiger partial charge in [-0.15, -0.1) is 0 Å². The van der Waals surface area contributed by atoms with Crippen molar-refractivity contribution in [1.29, 1.82) is 0 Å². The van der Waals surface area contributed by atoms with Gasteiger partial charge in [-0.25, -0.2) is 4.98 Å². The second kappa shape index (κ2) is 8.28. The average Bonchev–Trinajstić information content (AvgIpc) is 2.87. The summed E-state index contributed by atoms with van der Waals surface area (Å²) in [5.41, 5.74) is 0.602. The first-order valence-electron chi connectivity index (χ1n) is 9.62. The van der Waals surface area contributed by atoms with E-state index in [1.807, 2.05) is 17.0 Å². The van der Waals surface area contributed by atoms with Crippen LogP contribution >= 0.6 is 11.6 Å². The van der Waals surface area contributed by atoms with Crippen molar-refractivity contribution >= 4 is 17.5 Å². The van der Waals surface area contributed by atoms with Gasteiger partial charge in [-0.1, -0.05) is 24.1 Å². The Hall–Kier alpha value is -2.11. The summed E-state index contributed by atoms with van der Waals surface area (Å²) in [4.78, 5) is 21.6. The lowest BCUT2D eigenvalue weighted by Crippen LogP contribution is -2.42. The number of nitrogens with zero attached hydrogens (tertiary/aromatic N) is 3. The van der Waals surface area contributed by atoms with Crippen LogP contribution in [0.15, 0.2) is 42.6 Å². The van der Waals surface area contributed by atoms with Crippen LogP contribution in [-0.4, -0.2) is 52.9 Å². The van der Waals surface area contributed by atoms with E-state index in [-0.39, 0.29) is 5.91 Å². The van der Waals surface area contributed by atoms with Crippen LogP contribution in [0, 0.1) is 0 Å². The maximum Gasteiger partial charge on any atom is 0.255 e. The highest BCUT2D eigenvalue weighted by atomic mass is 35.5. The van der Waals surface area contributed by atoms with E-state index in [2.05, 4.69) is 9.88 Å². The van der Waals surface area contributed by atoms with Crippen LogP contribution < -0.4 is 4.74 Å². The van der Waals surface area contributed by atoms with Gasteiger partial charge in [0.1, 0.15) is 5.75 Å². The molecule has 0 radical (unpaired) electrons. The van der Waals surface area contributed by atoms with Gasteiger partial charge in [0.05, 0.1) is 5.56 Å². The molecule has 0 spiro atoms. The first-order valence-corrected chi connectivity index (χ1v) is 10.00. The second-order valence-electron chi connectivity index (χ2n) is 7.21. The molecule has 1 saturated carbocycles. The zero-order valence-corrected chi connectivity index (χ0v) is 16.1. The van der Waals surface area contributed by atoms with E-state index in [1.54, 1.807) is 30.5 Å². The largest absolute Gasteiger partial charge is 0.439 e. The molecule has 0 unspecified atom stereocenters. The maximum atomic E-state index is 12.8. The molecule has 1 aromatic heterocycles. The summed E-state index contributed by atoms with van der Waals surface area (Å²) in [6, 6.07) is 11.4. The lowest BCUT2D eigenvalue weighted by atomic mass is 9.91. The van der Waals surface area contributed by atoms with Crippen LogP contribution in [0.25, 0.3) is 0 Å². The van der Waals surface area contributed by atoms with E-state index in [0.717, 1.165) is 38.6 Å². The summed E-state index contributed by atoms with van der Waals surface area (Å²) in [5, 5.41) is 0.608. The summed E-state index contributed by atoms with van der Waals surface area (Å²) in [5.74, 6) is 1.12. The quantitative estimate of drug-likeness (QED) is 0.790. The number of benzene rings is 1. The summed E-state index contributed by atoms with van der Waals surface area (Å²) >= 11 is 5.97. The van der Waals surface area contributed by atoms with E-state index in [0.29, 0.717) is 22.2 Å². The van der Waals surface area contributed by atoms with Crippen molar-refractivity contribution in [1.82, 2.24) is 14.8 Å². The topological polar surface area (TPSA) is 45.7 Å². The first-order chi connectivity index (χ1) is 13.2. The number of carbonyl (C=O) groups excluding carboxylic acids is 1. The van der Waals surface area contributed by atoms with Crippen LogP contribution in [0.1, 0.15) is 36.0 Å². The zero-order chi connectivity index (χ0) is 18.6. The van der Waals surface area contributed by atoms with Crippen molar-refractivity contribution in [3.05, 3.63) is 53.2 Å². The fraction of sp³-hybridized carbons (Fsp3) is 0.429. The Morgan fingerprint density at radius 2 is 1.96 bits per heavy atom. The van der Waals surface area contributed by atoms with Crippen molar-refractivity contribution in [3.63, 3.8) is 0 Å². The molecule has 2 aliphatic rings. The summed E-state index contributed by atoms with van der Waals surface area (Å²) in [6.45, 7) is 3.66. The Bertz CT molecular complexity index is 792. The fourth-order valence-corrected chi connectivity index (χ4v) is 3.84. The molecule has 0 N–H and O–H groups in total. The number of halogens is 1. The predicted molar refractivity (Wildman–Crippen MR) is 105 cm³/mol. The third kappa shape index (κ3) is 4.42. The van der Waals surface area contributed by atoms with Gasteiger partial charge in [0.15, 0.2) is 0 Å². The molecule has 1 amide bonds. The highest BCUT2D eigenvalue weighted by Gasteiger charge is 2.28. The third-order valence-corrected chi connectivity index (χ3v) is 5.65. The van der Waals surface area contributed by atoms with Crippen molar-refractivity contribution in [2.75, 3.05) is 26.2 Å². The smallest absolute Gasteiger partial charge is 0.255 e.